The second-order valence-electron chi connectivity index (χ2n) is 3.84. The number of benzene rings is 1. The van der Waals surface area contributed by atoms with Crippen LogP contribution in [-0.2, 0) is 6.54 Å². The molecule has 6 nitrogen and oxygen atoms in total. The van der Waals surface area contributed by atoms with Gasteiger partial charge in [0, 0.05) is 5.69 Å². The number of aromatic nitrogens is 4. The zero-order valence-corrected chi connectivity index (χ0v) is 9.29. The summed E-state index contributed by atoms with van der Waals surface area (Å²) in [5.41, 5.74) is 8.34. The molecule has 86 valence electrons. The highest BCUT2D eigenvalue weighted by Crippen LogP contribution is 2.19. The first kappa shape index (κ1) is 9.83. The van der Waals surface area contributed by atoms with Gasteiger partial charge in [0.2, 0.25) is 6.39 Å². The van der Waals surface area contributed by atoms with E-state index in [4.69, 9.17) is 10.3 Å². The maximum Gasteiger partial charge on any atom is 0.213 e. The van der Waals surface area contributed by atoms with Gasteiger partial charge in [0.05, 0.1) is 17.6 Å². The highest BCUT2D eigenvalue weighted by Gasteiger charge is 2.09. The number of hydrogen-bond donors (Lipinski definition) is 1. The number of nitrogens with zero attached hydrogens (tertiary/aromatic N) is 4. The van der Waals surface area contributed by atoms with Gasteiger partial charge < -0.3 is 14.8 Å². The summed E-state index contributed by atoms with van der Waals surface area (Å²) in [5.74, 6) is 1.53. The summed E-state index contributed by atoms with van der Waals surface area (Å²) < 4.78 is 6.75. The fourth-order valence-corrected chi connectivity index (χ4v) is 1.87. The van der Waals surface area contributed by atoms with Gasteiger partial charge in [0.25, 0.3) is 0 Å². The van der Waals surface area contributed by atoms with Crippen molar-refractivity contribution in [2.24, 2.45) is 0 Å². The summed E-state index contributed by atoms with van der Waals surface area (Å²) in [5, 5.41) is 3.80. The number of hydrogen-bond acceptors (Lipinski definition) is 5. The lowest BCUT2D eigenvalue weighted by Crippen LogP contribution is -2.03. The Morgan fingerprint density at radius 2 is 2.29 bits per heavy atom. The lowest BCUT2D eigenvalue weighted by Gasteiger charge is -2.02. The van der Waals surface area contributed by atoms with Crippen molar-refractivity contribution in [1.82, 2.24) is 19.7 Å². The molecule has 0 saturated carbocycles. The Bertz CT molecular complexity index is 656. The predicted molar refractivity (Wildman–Crippen MR) is 62.3 cm³/mol. The van der Waals surface area contributed by atoms with Crippen LogP contribution in [-0.4, -0.2) is 19.7 Å². The molecule has 3 aromatic rings. The van der Waals surface area contributed by atoms with Gasteiger partial charge in [-0.05, 0) is 25.1 Å². The minimum absolute atomic E-state index is 0.544. The van der Waals surface area contributed by atoms with Crippen LogP contribution in [0.5, 0.6) is 0 Å². The van der Waals surface area contributed by atoms with Gasteiger partial charge in [-0.2, -0.15) is 4.98 Å². The molecule has 17 heavy (non-hydrogen) atoms. The Labute approximate surface area is 97.1 Å². The quantitative estimate of drug-likeness (QED) is 0.671. The lowest BCUT2D eigenvalue weighted by atomic mass is 10.3. The third-order valence-electron chi connectivity index (χ3n) is 2.67. The standard InChI is InChI=1S/C11H11N5O/c1-7-14-9-4-8(12)2-3-10(9)16(7)5-11-13-6-17-15-11/h2-4,6H,5,12H2,1H3. The van der Waals surface area contributed by atoms with Gasteiger partial charge in [-0.15, -0.1) is 0 Å². The summed E-state index contributed by atoms with van der Waals surface area (Å²) in [7, 11) is 0. The number of fused-ring (bicyclic) bond motifs is 1. The molecule has 0 aliphatic heterocycles. The van der Waals surface area contributed by atoms with Crippen LogP contribution in [0.15, 0.2) is 29.1 Å². The highest BCUT2D eigenvalue weighted by molar-refractivity contribution is 5.79. The Balaban J connectivity index is 2.12. The van der Waals surface area contributed by atoms with E-state index in [0.717, 1.165) is 16.9 Å². The predicted octanol–water partition coefficient (Wildman–Crippen LogP) is 1.36. The molecule has 2 aromatic heterocycles. The molecule has 0 fully saturated rings. The summed E-state index contributed by atoms with van der Waals surface area (Å²) >= 11 is 0. The molecule has 2 N–H and O–H groups in total. The van der Waals surface area contributed by atoms with E-state index in [-0.39, 0.29) is 0 Å². The zero-order chi connectivity index (χ0) is 11.8. The maximum absolute atomic E-state index is 5.73. The Kier molecular flexibility index (Phi) is 2.07. The van der Waals surface area contributed by atoms with E-state index in [2.05, 4.69) is 15.1 Å². The van der Waals surface area contributed by atoms with Crippen molar-refractivity contribution in [1.29, 1.82) is 0 Å². The number of anilines is 1. The van der Waals surface area contributed by atoms with Gasteiger partial charge in [-0.3, -0.25) is 0 Å². The molecule has 2 heterocycles. The largest absolute Gasteiger partial charge is 0.399 e. The van der Waals surface area contributed by atoms with Crippen LogP contribution in [0.1, 0.15) is 11.6 Å². The highest BCUT2D eigenvalue weighted by atomic mass is 16.5. The van der Waals surface area contributed by atoms with Crippen LogP contribution < -0.4 is 5.73 Å². The molecule has 3 rings (SSSR count). The molecular formula is C11H11N5O. The molecule has 6 heteroatoms. The first-order chi connectivity index (χ1) is 8.24. The summed E-state index contributed by atoms with van der Waals surface area (Å²) in [6.45, 7) is 2.49. The third kappa shape index (κ3) is 1.63. The number of nitrogens with two attached hydrogens (primary N) is 1. The third-order valence-corrected chi connectivity index (χ3v) is 2.67. The van der Waals surface area contributed by atoms with Gasteiger partial charge in [0.15, 0.2) is 5.82 Å². The van der Waals surface area contributed by atoms with Crippen molar-refractivity contribution in [3.8, 4) is 0 Å². The average molecular weight is 229 g/mol. The average Bonchev–Trinajstić information content (AvgIpc) is 2.88. The molecule has 0 spiro atoms. The SMILES string of the molecule is Cc1nc2cc(N)ccc2n1Cc1ncon1. The monoisotopic (exact) mass is 229 g/mol. The zero-order valence-electron chi connectivity index (χ0n) is 9.29. The van der Waals surface area contributed by atoms with Gasteiger partial charge in [0.1, 0.15) is 5.82 Å². The molecule has 0 amide bonds. The van der Waals surface area contributed by atoms with Crippen molar-refractivity contribution < 1.29 is 4.52 Å². The van der Waals surface area contributed by atoms with Crippen LogP contribution in [0.4, 0.5) is 5.69 Å². The molecule has 0 saturated heterocycles. The minimum Gasteiger partial charge on any atom is -0.399 e. The molecule has 0 atom stereocenters. The van der Waals surface area contributed by atoms with E-state index in [1.54, 1.807) is 0 Å². The van der Waals surface area contributed by atoms with Gasteiger partial charge in [-0.1, -0.05) is 5.16 Å². The van der Waals surface area contributed by atoms with Crippen LogP contribution in [0, 0.1) is 6.92 Å². The van der Waals surface area contributed by atoms with Crippen molar-refractivity contribution in [3.05, 3.63) is 36.2 Å². The molecule has 0 radical (unpaired) electrons. The van der Waals surface area contributed by atoms with E-state index < -0.39 is 0 Å². The van der Waals surface area contributed by atoms with E-state index in [9.17, 15) is 0 Å². The first-order valence-corrected chi connectivity index (χ1v) is 5.21. The number of aryl methyl sites for hydroxylation is 1. The van der Waals surface area contributed by atoms with E-state index in [0.29, 0.717) is 18.1 Å². The molecule has 1 aromatic carbocycles. The van der Waals surface area contributed by atoms with Crippen LogP contribution >= 0.6 is 0 Å². The summed E-state index contributed by atoms with van der Waals surface area (Å²) in [4.78, 5) is 8.46. The number of rotatable bonds is 2. The van der Waals surface area contributed by atoms with Crippen molar-refractivity contribution in [2.45, 2.75) is 13.5 Å². The van der Waals surface area contributed by atoms with Crippen molar-refractivity contribution >= 4 is 16.7 Å². The van der Waals surface area contributed by atoms with E-state index in [1.807, 2.05) is 29.7 Å². The van der Waals surface area contributed by atoms with Gasteiger partial charge >= 0.3 is 0 Å². The number of nitrogen functional groups attached to an aromatic ring is 1. The van der Waals surface area contributed by atoms with Crippen LogP contribution in [0.25, 0.3) is 11.0 Å². The van der Waals surface area contributed by atoms with Crippen molar-refractivity contribution in [3.63, 3.8) is 0 Å². The molecule has 0 aliphatic carbocycles. The summed E-state index contributed by atoms with van der Waals surface area (Å²) in [6.07, 6.45) is 1.32. The van der Waals surface area contributed by atoms with Crippen LogP contribution in [0.2, 0.25) is 0 Å². The Morgan fingerprint density at radius 3 is 3.06 bits per heavy atom. The lowest BCUT2D eigenvalue weighted by molar-refractivity contribution is 0.408. The smallest absolute Gasteiger partial charge is 0.213 e. The minimum atomic E-state index is 0.544. The first-order valence-electron chi connectivity index (χ1n) is 5.21. The molecular weight excluding hydrogens is 218 g/mol. The fourth-order valence-electron chi connectivity index (χ4n) is 1.87. The Morgan fingerprint density at radius 1 is 1.41 bits per heavy atom. The maximum atomic E-state index is 5.73. The summed E-state index contributed by atoms with van der Waals surface area (Å²) in [6, 6.07) is 5.66. The van der Waals surface area contributed by atoms with Crippen LogP contribution in [0.3, 0.4) is 0 Å². The Hall–Kier alpha value is -2.37. The van der Waals surface area contributed by atoms with Gasteiger partial charge in [-0.25, -0.2) is 4.98 Å². The van der Waals surface area contributed by atoms with Crippen molar-refractivity contribution in [2.75, 3.05) is 5.73 Å². The molecule has 0 unspecified atom stereocenters. The molecule has 0 aliphatic rings. The second kappa shape index (κ2) is 3.58. The molecule has 0 bridgehead atoms. The topological polar surface area (TPSA) is 82.8 Å². The van der Waals surface area contributed by atoms with E-state index >= 15 is 0 Å². The van der Waals surface area contributed by atoms with E-state index in [1.165, 1.54) is 6.39 Å². The second-order valence-corrected chi connectivity index (χ2v) is 3.84. The normalized spacial score (nSPS) is 11.1. The number of imidazole rings is 1. The fraction of sp³-hybridized carbons (Fsp3) is 0.182.